The van der Waals surface area contributed by atoms with Crippen LogP contribution in [0.2, 0.25) is 0 Å². The third-order valence-electron chi connectivity index (χ3n) is 4.84. The Balaban J connectivity index is 1.69. The first-order valence-electron chi connectivity index (χ1n) is 10.3. The summed E-state index contributed by atoms with van der Waals surface area (Å²) in [6.45, 7) is 3.77. The maximum Gasteiger partial charge on any atom is 0.226 e. The van der Waals surface area contributed by atoms with E-state index in [-0.39, 0.29) is 18.2 Å². The number of pyridine rings is 1. The van der Waals surface area contributed by atoms with Gasteiger partial charge in [0.05, 0.1) is 19.6 Å². The molecular formula is C25H27N3O4. The summed E-state index contributed by atoms with van der Waals surface area (Å²) in [6.07, 6.45) is 3.50. The van der Waals surface area contributed by atoms with Gasteiger partial charge >= 0.3 is 0 Å². The molecule has 166 valence electrons. The normalized spacial score (nSPS) is 11.3. The van der Waals surface area contributed by atoms with Gasteiger partial charge in [-0.1, -0.05) is 29.8 Å². The highest BCUT2D eigenvalue weighted by atomic mass is 16.5. The SMILES string of the molecule is COc1ccc(NC(=O)CC(NC(C)=O)c2ccc(C)cc2)cc1OCc1ccncc1. The fourth-order valence-electron chi connectivity index (χ4n) is 3.20. The molecule has 0 radical (unpaired) electrons. The summed E-state index contributed by atoms with van der Waals surface area (Å²) in [7, 11) is 1.56. The zero-order chi connectivity index (χ0) is 22.9. The van der Waals surface area contributed by atoms with Crippen LogP contribution in [-0.2, 0) is 16.2 Å². The van der Waals surface area contributed by atoms with Crippen molar-refractivity contribution in [3.8, 4) is 11.5 Å². The Morgan fingerprint density at radius 3 is 2.38 bits per heavy atom. The van der Waals surface area contributed by atoms with Crippen molar-refractivity contribution in [3.63, 3.8) is 0 Å². The number of ether oxygens (including phenoxy) is 2. The van der Waals surface area contributed by atoms with Gasteiger partial charge in [-0.3, -0.25) is 14.6 Å². The van der Waals surface area contributed by atoms with E-state index in [2.05, 4.69) is 15.6 Å². The van der Waals surface area contributed by atoms with Crippen LogP contribution in [0.25, 0.3) is 0 Å². The molecule has 0 saturated carbocycles. The monoisotopic (exact) mass is 433 g/mol. The fourth-order valence-corrected chi connectivity index (χ4v) is 3.20. The van der Waals surface area contributed by atoms with E-state index in [1.807, 2.05) is 43.3 Å². The third-order valence-corrected chi connectivity index (χ3v) is 4.84. The second-order valence-corrected chi connectivity index (χ2v) is 7.43. The van der Waals surface area contributed by atoms with Crippen LogP contribution in [0.1, 0.15) is 36.1 Å². The van der Waals surface area contributed by atoms with Crippen LogP contribution in [0.4, 0.5) is 5.69 Å². The number of aryl methyl sites for hydroxylation is 1. The summed E-state index contributed by atoms with van der Waals surface area (Å²) in [6, 6.07) is 16.3. The minimum Gasteiger partial charge on any atom is -0.493 e. The number of rotatable bonds is 9. The number of amides is 2. The standard InChI is InChI=1S/C25H27N3O4/c1-17-4-6-20(7-5-17)22(27-18(2)29)15-25(30)28-21-8-9-23(31-3)24(14-21)32-16-19-10-12-26-13-11-19/h4-14,22H,15-16H2,1-3H3,(H,27,29)(H,28,30). The van der Waals surface area contributed by atoms with Crippen molar-refractivity contribution in [1.82, 2.24) is 10.3 Å². The molecule has 1 atom stereocenters. The van der Waals surface area contributed by atoms with E-state index in [0.717, 1.165) is 16.7 Å². The minimum atomic E-state index is -0.422. The number of carbonyl (C=O) groups excluding carboxylic acids is 2. The molecule has 2 N–H and O–H groups in total. The van der Waals surface area contributed by atoms with Crippen LogP contribution in [0.3, 0.4) is 0 Å². The number of nitrogens with zero attached hydrogens (tertiary/aromatic N) is 1. The molecule has 0 saturated heterocycles. The molecule has 1 heterocycles. The topological polar surface area (TPSA) is 89.6 Å². The Labute approximate surface area is 187 Å². The van der Waals surface area contributed by atoms with E-state index < -0.39 is 6.04 Å². The number of carbonyl (C=O) groups is 2. The van der Waals surface area contributed by atoms with Gasteiger partial charge in [-0.05, 0) is 42.3 Å². The van der Waals surface area contributed by atoms with Crippen molar-refractivity contribution in [2.75, 3.05) is 12.4 Å². The van der Waals surface area contributed by atoms with Crippen LogP contribution in [0.15, 0.2) is 67.0 Å². The van der Waals surface area contributed by atoms with E-state index in [9.17, 15) is 9.59 Å². The predicted octanol–water partition coefficient (Wildman–Crippen LogP) is 4.18. The second kappa shape index (κ2) is 10.9. The van der Waals surface area contributed by atoms with Gasteiger partial charge in [0.25, 0.3) is 0 Å². The Hall–Kier alpha value is -3.87. The first-order chi connectivity index (χ1) is 15.4. The van der Waals surface area contributed by atoms with Gasteiger partial charge < -0.3 is 20.1 Å². The number of anilines is 1. The summed E-state index contributed by atoms with van der Waals surface area (Å²) >= 11 is 0. The highest BCUT2D eigenvalue weighted by Gasteiger charge is 2.18. The summed E-state index contributed by atoms with van der Waals surface area (Å²) < 4.78 is 11.3. The Morgan fingerprint density at radius 1 is 1.00 bits per heavy atom. The highest BCUT2D eigenvalue weighted by molar-refractivity contribution is 5.92. The van der Waals surface area contributed by atoms with E-state index >= 15 is 0 Å². The molecule has 1 unspecified atom stereocenters. The van der Waals surface area contributed by atoms with Crippen LogP contribution in [-0.4, -0.2) is 23.9 Å². The highest BCUT2D eigenvalue weighted by Crippen LogP contribution is 2.31. The predicted molar refractivity (Wildman–Crippen MR) is 123 cm³/mol. The molecule has 3 rings (SSSR count). The van der Waals surface area contributed by atoms with Crippen molar-refractivity contribution < 1.29 is 19.1 Å². The molecule has 32 heavy (non-hydrogen) atoms. The first-order valence-corrected chi connectivity index (χ1v) is 10.3. The van der Waals surface area contributed by atoms with Crippen molar-refractivity contribution >= 4 is 17.5 Å². The molecule has 7 heteroatoms. The van der Waals surface area contributed by atoms with Gasteiger partial charge in [0.1, 0.15) is 6.61 Å². The molecule has 0 aliphatic carbocycles. The van der Waals surface area contributed by atoms with Crippen molar-refractivity contribution in [3.05, 3.63) is 83.7 Å². The summed E-state index contributed by atoms with van der Waals surface area (Å²) in [5.41, 5.74) is 3.52. The minimum absolute atomic E-state index is 0.0991. The molecule has 0 aliphatic rings. The van der Waals surface area contributed by atoms with Crippen LogP contribution in [0.5, 0.6) is 11.5 Å². The van der Waals surface area contributed by atoms with E-state index in [1.165, 1.54) is 6.92 Å². The molecule has 7 nitrogen and oxygen atoms in total. The number of nitrogens with one attached hydrogen (secondary N) is 2. The Bertz CT molecular complexity index is 1050. The van der Waals surface area contributed by atoms with Crippen LogP contribution >= 0.6 is 0 Å². The van der Waals surface area contributed by atoms with Gasteiger partial charge in [-0.15, -0.1) is 0 Å². The van der Waals surface area contributed by atoms with Gasteiger partial charge in [-0.2, -0.15) is 0 Å². The molecule has 3 aromatic rings. The number of methoxy groups -OCH3 is 1. The molecule has 0 spiro atoms. The lowest BCUT2D eigenvalue weighted by molar-refractivity contribution is -0.120. The smallest absolute Gasteiger partial charge is 0.226 e. The van der Waals surface area contributed by atoms with E-state index in [4.69, 9.17) is 9.47 Å². The lowest BCUT2D eigenvalue weighted by atomic mass is 10.0. The average Bonchev–Trinajstić information content (AvgIpc) is 2.78. The molecule has 2 aromatic carbocycles. The largest absolute Gasteiger partial charge is 0.493 e. The van der Waals surface area contributed by atoms with Crippen molar-refractivity contribution in [2.45, 2.75) is 32.9 Å². The van der Waals surface area contributed by atoms with Crippen LogP contribution < -0.4 is 20.1 Å². The summed E-state index contributed by atoms with van der Waals surface area (Å²) in [5.74, 6) is 0.654. The lowest BCUT2D eigenvalue weighted by Gasteiger charge is -2.19. The molecule has 1 aromatic heterocycles. The fraction of sp³-hybridized carbons (Fsp3) is 0.240. The molecule has 0 bridgehead atoms. The molecule has 0 fully saturated rings. The van der Waals surface area contributed by atoms with E-state index in [1.54, 1.807) is 37.7 Å². The first kappa shape index (κ1) is 22.8. The second-order valence-electron chi connectivity index (χ2n) is 7.43. The molecular weight excluding hydrogens is 406 g/mol. The summed E-state index contributed by atoms with van der Waals surface area (Å²) in [5, 5.41) is 5.73. The van der Waals surface area contributed by atoms with Gasteiger partial charge in [-0.25, -0.2) is 0 Å². The van der Waals surface area contributed by atoms with Crippen molar-refractivity contribution in [2.24, 2.45) is 0 Å². The van der Waals surface area contributed by atoms with Gasteiger partial charge in [0, 0.05) is 31.1 Å². The lowest BCUT2D eigenvalue weighted by Crippen LogP contribution is -2.29. The average molecular weight is 434 g/mol. The zero-order valence-electron chi connectivity index (χ0n) is 18.4. The number of aromatic nitrogens is 1. The Kier molecular flexibility index (Phi) is 7.80. The number of benzene rings is 2. The number of hydrogen-bond acceptors (Lipinski definition) is 5. The van der Waals surface area contributed by atoms with Gasteiger partial charge in [0.2, 0.25) is 11.8 Å². The maximum absolute atomic E-state index is 12.7. The van der Waals surface area contributed by atoms with E-state index in [0.29, 0.717) is 23.8 Å². The quantitative estimate of drug-likeness (QED) is 0.528. The molecule has 2 amide bonds. The third kappa shape index (κ3) is 6.57. The molecule has 0 aliphatic heterocycles. The van der Waals surface area contributed by atoms with Crippen LogP contribution in [0, 0.1) is 6.92 Å². The van der Waals surface area contributed by atoms with Crippen molar-refractivity contribution in [1.29, 1.82) is 0 Å². The summed E-state index contributed by atoms with van der Waals surface area (Å²) in [4.78, 5) is 28.4. The number of hydrogen-bond donors (Lipinski definition) is 2. The zero-order valence-corrected chi connectivity index (χ0v) is 18.4. The van der Waals surface area contributed by atoms with Gasteiger partial charge in [0.15, 0.2) is 11.5 Å². The Morgan fingerprint density at radius 2 is 1.72 bits per heavy atom. The maximum atomic E-state index is 12.7.